The van der Waals surface area contributed by atoms with Crippen molar-refractivity contribution < 1.29 is 23.7 Å². The molecule has 0 radical (unpaired) electrons. The van der Waals surface area contributed by atoms with Crippen LogP contribution in [-0.2, 0) is 18.9 Å². The Morgan fingerprint density at radius 3 is 1.81 bits per heavy atom. The summed E-state index contributed by atoms with van der Waals surface area (Å²) in [5, 5.41) is 19.6. The average Bonchev–Trinajstić information content (AvgIpc) is 2.69. The van der Waals surface area contributed by atoms with Gasteiger partial charge in [0.15, 0.2) is 0 Å². The molecule has 1 unspecified atom stereocenters. The molecule has 0 saturated heterocycles. The topological polar surface area (TPSA) is 93.7 Å². The van der Waals surface area contributed by atoms with Crippen molar-refractivity contribution in [2.24, 2.45) is 11.3 Å². The predicted molar refractivity (Wildman–Crippen MR) is 92.7 cm³/mol. The average molecular weight is 358 g/mol. The molecule has 0 bridgehead atoms. The van der Waals surface area contributed by atoms with Gasteiger partial charge in [0.2, 0.25) is 11.2 Å². The minimum absolute atomic E-state index is 0.732. The van der Waals surface area contributed by atoms with Gasteiger partial charge in [0, 0.05) is 28.4 Å². The Bertz CT molecular complexity index is 723. The van der Waals surface area contributed by atoms with Crippen molar-refractivity contribution in [1.29, 1.82) is 10.5 Å². The van der Waals surface area contributed by atoms with E-state index in [1.165, 1.54) is 28.4 Å². The van der Waals surface area contributed by atoms with Crippen molar-refractivity contribution >= 4 is 6.08 Å². The normalized spacial score (nSPS) is 22.2. The fourth-order valence-electron chi connectivity index (χ4n) is 3.69. The zero-order valence-electron chi connectivity index (χ0n) is 15.5. The number of hydrogen-bond donors (Lipinski definition) is 0. The van der Waals surface area contributed by atoms with E-state index in [1.54, 1.807) is 19.3 Å². The monoisotopic (exact) mass is 358 g/mol. The second-order valence-electron chi connectivity index (χ2n) is 5.74. The highest BCUT2D eigenvalue weighted by atomic mass is 16.8. The lowest BCUT2D eigenvalue weighted by Crippen LogP contribution is -2.83. The maximum Gasteiger partial charge on any atom is 0.257 e. The zero-order valence-corrected chi connectivity index (χ0v) is 15.5. The highest BCUT2D eigenvalue weighted by Crippen LogP contribution is 2.65. The van der Waals surface area contributed by atoms with Gasteiger partial charge in [-0.1, -0.05) is 24.3 Å². The third-order valence-corrected chi connectivity index (χ3v) is 4.98. The van der Waals surface area contributed by atoms with Crippen LogP contribution in [0.1, 0.15) is 5.56 Å². The van der Waals surface area contributed by atoms with Crippen molar-refractivity contribution in [3.8, 4) is 17.9 Å². The van der Waals surface area contributed by atoms with Crippen LogP contribution in [0.5, 0.6) is 5.75 Å². The molecule has 1 atom stereocenters. The Hall–Kier alpha value is -2.42. The van der Waals surface area contributed by atoms with E-state index in [-0.39, 0.29) is 0 Å². The molecular formula is C19H22N2O5. The second-order valence-corrected chi connectivity index (χ2v) is 5.74. The van der Waals surface area contributed by atoms with Gasteiger partial charge < -0.3 is 23.7 Å². The van der Waals surface area contributed by atoms with Gasteiger partial charge in [0.1, 0.15) is 5.75 Å². The van der Waals surface area contributed by atoms with Crippen LogP contribution in [0.25, 0.3) is 6.08 Å². The van der Waals surface area contributed by atoms with Crippen molar-refractivity contribution in [2.75, 3.05) is 35.5 Å². The van der Waals surface area contributed by atoms with Crippen molar-refractivity contribution in [1.82, 2.24) is 0 Å². The first-order valence-corrected chi connectivity index (χ1v) is 7.86. The summed E-state index contributed by atoms with van der Waals surface area (Å²) in [4.78, 5) is 0. The highest BCUT2D eigenvalue weighted by Gasteiger charge is 2.85. The van der Waals surface area contributed by atoms with Gasteiger partial charge in [-0.15, -0.1) is 0 Å². The second kappa shape index (κ2) is 7.45. The largest absolute Gasteiger partial charge is 0.497 e. The first-order chi connectivity index (χ1) is 12.5. The molecule has 1 saturated carbocycles. The standard InChI is InChI=1S/C19H22N2O5/c1-22-15-9-6-14(7-10-15)8-11-16-17(12-20,13-21)19(25-4,26-5)18(16,23-2)24-3/h6-11,16H,1-5H3. The summed E-state index contributed by atoms with van der Waals surface area (Å²) >= 11 is 0. The molecule has 2 rings (SSSR count). The van der Waals surface area contributed by atoms with Crippen molar-refractivity contribution in [3.05, 3.63) is 35.9 Å². The van der Waals surface area contributed by atoms with Gasteiger partial charge in [-0.3, -0.25) is 0 Å². The number of nitrogens with zero attached hydrogens (tertiary/aromatic N) is 2. The summed E-state index contributed by atoms with van der Waals surface area (Å²) in [5.41, 5.74) is -0.782. The van der Waals surface area contributed by atoms with E-state index in [0.717, 1.165) is 11.3 Å². The summed E-state index contributed by atoms with van der Waals surface area (Å²) < 4.78 is 27.2. The minimum atomic E-state index is -1.69. The SMILES string of the molecule is COc1ccc(C=CC2C(C#N)(C#N)C(OC)(OC)C2(OC)OC)cc1. The summed E-state index contributed by atoms with van der Waals surface area (Å²) in [5.74, 6) is -3.16. The molecule has 1 fully saturated rings. The lowest BCUT2D eigenvalue weighted by molar-refractivity contribution is -0.489. The number of rotatable bonds is 7. The van der Waals surface area contributed by atoms with E-state index < -0.39 is 22.9 Å². The van der Waals surface area contributed by atoms with Crippen molar-refractivity contribution in [2.45, 2.75) is 11.6 Å². The molecule has 1 aromatic rings. The van der Waals surface area contributed by atoms with Gasteiger partial charge in [0.25, 0.3) is 5.79 Å². The van der Waals surface area contributed by atoms with Crippen LogP contribution >= 0.6 is 0 Å². The van der Waals surface area contributed by atoms with E-state index in [9.17, 15) is 10.5 Å². The summed E-state index contributed by atoms with van der Waals surface area (Å²) in [6.07, 6.45) is 3.49. The molecule has 7 nitrogen and oxygen atoms in total. The van der Waals surface area contributed by atoms with Crippen LogP contribution in [0.15, 0.2) is 30.3 Å². The molecule has 0 N–H and O–H groups in total. The summed E-state index contributed by atoms with van der Waals surface area (Å²) in [6, 6.07) is 11.4. The predicted octanol–water partition coefficient (Wildman–Crippen LogP) is 2.35. The van der Waals surface area contributed by atoms with Gasteiger partial charge >= 0.3 is 0 Å². The Balaban J connectivity index is 2.51. The van der Waals surface area contributed by atoms with Gasteiger partial charge in [-0.2, -0.15) is 10.5 Å². The third-order valence-electron chi connectivity index (χ3n) is 4.98. The van der Waals surface area contributed by atoms with Gasteiger partial charge in [-0.25, -0.2) is 0 Å². The first kappa shape index (κ1) is 19.9. The zero-order chi connectivity index (χ0) is 19.4. The maximum absolute atomic E-state index is 9.80. The van der Waals surface area contributed by atoms with Crippen LogP contribution < -0.4 is 4.74 Å². The Morgan fingerprint density at radius 1 is 0.885 bits per heavy atom. The van der Waals surface area contributed by atoms with E-state index in [2.05, 4.69) is 0 Å². The molecule has 1 aliphatic carbocycles. The number of hydrogen-bond acceptors (Lipinski definition) is 7. The molecule has 7 heteroatoms. The number of methoxy groups -OCH3 is 5. The third kappa shape index (κ3) is 2.33. The lowest BCUT2D eigenvalue weighted by Gasteiger charge is -2.64. The van der Waals surface area contributed by atoms with Crippen LogP contribution in [0.4, 0.5) is 0 Å². The first-order valence-electron chi connectivity index (χ1n) is 7.86. The lowest BCUT2D eigenvalue weighted by atomic mass is 9.51. The van der Waals surface area contributed by atoms with Crippen LogP contribution in [0, 0.1) is 34.0 Å². The molecule has 1 aliphatic rings. The molecule has 0 aromatic heterocycles. The molecule has 1 aromatic carbocycles. The molecule has 26 heavy (non-hydrogen) atoms. The van der Waals surface area contributed by atoms with E-state index in [1.807, 2.05) is 36.4 Å². The highest BCUT2D eigenvalue weighted by molar-refractivity contribution is 5.54. The Labute approximate surface area is 153 Å². The van der Waals surface area contributed by atoms with E-state index >= 15 is 0 Å². The van der Waals surface area contributed by atoms with Gasteiger partial charge in [0.05, 0.1) is 25.2 Å². The number of ether oxygens (including phenoxy) is 5. The van der Waals surface area contributed by atoms with Crippen LogP contribution in [0.3, 0.4) is 0 Å². The molecule has 0 spiro atoms. The molecule has 0 amide bonds. The number of nitriles is 2. The number of benzene rings is 1. The minimum Gasteiger partial charge on any atom is -0.497 e. The van der Waals surface area contributed by atoms with E-state index in [4.69, 9.17) is 23.7 Å². The van der Waals surface area contributed by atoms with Crippen LogP contribution in [0.2, 0.25) is 0 Å². The van der Waals surface area contributed by atoms with Crippen molar-refractivity contribution in [3.63, 3.8) is 0 Å². The molecule has 138 valence electrons. The maximum atomic E-state index is 9.80. The smallest absolute Gasteiger partial charge is 0.257 e. The molecule has 0 heterocycles. The Morgan fingerprint density at radius 2 is 1.42 bits per heavy atom. The molecular weight excluding hydrogens is 336 g/mol. The summed E-state index contributed by atoms with van der Waals surface area (Å²) in [7, 11) is 7.13. The van der Waals surface area contributed by atoms with E-state index in [0.29, 0.717) is 0 Å². The van der Waals surface area contributed by atoms with Crippen LogP contribution in [-0.4, -0.2) is 47.1 Å². The fourth-order valence-corrected chi connectivity index (χ4v) is 3.69. The summed E-state index contributed by atoms with van der Waals surface area (Å²) in [6.45, 7) is 0. The fraction of sp³-hybridized carbons (Fsp3) is 0.474. The van der Waals surface area contributed by atoms with Gasteiger partial charge in [-0.05, 0) is 17.7 Å². The Kier molecular flexibility index (Phi) is 5.70. The molecule has 0 aliphatic heterocycles. The quantitative estimate of drug-likeness (QED) is 0.691.